The van der Waals surface area contributed by atoms with Gasteiger partial charge in [0.2, 0.25) is 5.91 Å². The molecule has 0 fully saturated rings. The van der Waals surface area contributed by atoms with Crippen molar-refractivity contribution in [2.45, 2.75) is 33.3 Å². The molecule has 0 radical (unpaired) electrons. The summed E-state index contributed by atoms with van der Waals surface area (Å²) in [6.45, 7) is 7.41. The van der Waals surface area contributed by atoms with Gasteiger partial charge in [-0.05, 0) is 56.2 Å². The SMILES string of the molecule is CC(=O)Nc1ccc(C2=C(c3cn(C(=O)OC(C)(C)C)c4ccccc34)COc3ccccc32)cc1. The Morgan fingerprint density at radius 2 is 1.61 bits per heavy atom. The number of amides is 1. The third-order valence-electron chi connectivity index (χ3n) is 5.95. The second-order valence-electron chi connectivity index (χ2n) is 9.81. The minimum Gasteiger partial charge on any atom is -0.488 e. The Labute approximate surface area is 210 Å². The van der Waals surface area contributed by atoms with Gasteiger partial charge in [-0.25, -0.2) is 4.79 Å². The number of hydrogen-bond donors (Lipinski definition) is 1. The molecule has 1 aromatic heterocycles. The summed E-state index contributed by atoms with van der Waals surface area (Å²) in [7, 11) is 0. The summed E-state index contributed by atoms with van der Waals surface area (Å²) in [5, 5.41) is 3.76. The minimum absolute atomic E-state index is 0.117. The van der Waals surface area contributed by atoms with Gasteiger partial charge in [0.1, 0.15) is 18.0 Å². The predicted molar refractivity (Wildman–Crippen MR) is 142 cm³/mol. The first kappa shape index (κ1) is 23.4. The van der Waals surface area contributed by atoms with E-state index >= 15 is 0 Å². The summed E-state index contributed by atoms with van der Waals surface area (Å²) < 4.78 is 13.4. The van der Waals surface area contributed by atoms with Gasteiger partial charge in [0, 0.05) is 40.9 Å². The number of para-hydroxylation sites is 2. The lowest BCUT2D eigenvalue weighted by Gasteiger charge is -2.25. The number of carbonyl (C=O) groups is 2. The normalized spacial score (nSPS) is 13.2. The summed E-state index contributed by atoms with van der Waals surface area (Å²) >= 11 is 0. The molecule has 182 valence electrons. The maximum atomic E-state index is 13.1. The number of nitrogens with zero attached hydrogens (tertiary/aromatic N) is 1. The topological polar surface area (TPSA) is 69.6 Å². The molecule has 1 amide bonds. The summed E-state index contributed by atoms with van der Waals surface area (Å²) in [5.74, 6) is 0.687. The quantitative estimate of drug-likeness (QED) is 0.353. The summed E-state index contributed by atoms with van der Waals surface area (Å²) in [6, 6.07) is 23.5. The molecule has 6 nitrogen and oxygen atoms in total. The Bertz CT molecular complexity index is 1500. The molecule has 3 aromatic carbocycles. The average Bonchev–Trinajstić information content (AvgIpc) is 3.22. The third-order valence-corrected chi connectivity index (χ3v) is 5.95. The average molecular weight is 481 g/mol. The van der Waals surface area contributed by atoms with Gasteiger partial charge < -0.3 is 14.8 Å². The zero-order valence-electron chi connectivity index (χ0n) is 20.8. The van der Waals surface area contributed by atoms with E-state index in [0.29, 0.717) is 6.61 Å². The number of aromatic nitrogens is 1. The molecule has 0 spiro atoms. The molecule has 0 bridgehead atoms. The van der Waals surface area contributed by atoms with E-state index in [4.69, 9.17) is 9.47 Å². The minimum atomic E-state index is -0.615. The number of hydrogen-bond acceptors (Lipinski definition) is 4. The number of carbonyl (C=O) groups excluding carboxylic acids is 2. The highest BCUT2D eigenvalue weighted by Crippen LogP contribution is 2.43. The van der Waals surface area contributed by atoms with E-state index in [1.807, 2.05) is 99.8 Å². The smallest absolute Gasteiger partial charge is 0.419 e. The van der Waals surface area contributed by atoms with Crippen LogP contribution >= 0.6 is 0 Å². The fourth-order valence-corrected chi connectivity index (χ4v) is 4.53. The van der Waals surface area contributed by atoms with E-state index in [1.54, 1.807) is 4.57 Å². The summed E-state index contributed by atoms with van der Waals surface area (Å²) in [5.41, 5.74) is 5.76. The van der Waals surface area contributed by atoms with Gasteiger partial charge >= 0.3 is 6.09 Å². The number of fused-ring (bicyclic) bond motifs is 2. The monoisotopic (exact) mass is 480 g/mol. The fourth-order valence-electron chi connectivity index (χ4n) is 4.53. The highest BCUT2D eigenvalue weighted by Gasteiger charge is 2.27. The predicted octanol–water partition coefficient (Wildman–Crippen LogP) is 6.73. The van der Waals surface area contributed by atoms with Crippen LogP contribution in [0, 0.1) is 0 Å². The molecule has 5 rings (SSSR count). The first-order valence-electron chi connectivity index (χ1n) is 11.9. The van der Waals surface area contributed by atoms with Crippen LogP contribution in [0.2, 0.25) is 0 Å². The number of ether oxygens (including phenoxy) is 2. The van der Waals surface area contributed by atoms with Gasteiger partial charge in [-0.15, -0.1) is 0 Å². The lowest BCUT2D eigenvalue weighted by atomic mass is 9.87. The van der Waals surface area contributed by atoms with Crippen LogP contribution in [0.5, 0.6) is 5.75 Å². The maximum absolute atomic E-state index is 13.1. The van der Waals surface area contributed by atoms with Gasteiger partial charge in [0.05, 0.1) is 5.52 Å². The molecule has 4 aromatic rings. The fraction of sp³-hybridized carbons (Fsp3) is 0.200. The van der Waals surface area contributed by atoms with Crippen LogP contribution < -0.4 is 10.1 Å². The number of anilines is 1. The Morgan fingerprint density at radius 1 is 0.917 bits per heavy atom. The molecule has 0 atom stereocenters. The van der Waals surface area contributed by atoms with Crippen molar-refractivity contribution in [1.29, 1.82) is 0 Å². The molecular formula is C30H28N2O4. The van der Waals surface area contributed by atoms with E-state index in [-0.39, 0.29) is 5.91 Å². The van der Waals surface area contributed by atoms with Crippen LogP contribution in [0.3, 0.4) is 0 Å². The number of benzene rings is 3. The van der Waals surface area contributed by atoms with Crippen molar-refractivity contribution in [1.82, 2.24) is 4.57 Å². The highest BCUT2D eigenvalue weighted by atomic mass is 16.6. The van der Waals surface area contributed by atoms with Gasteiger partial charge in [-0.3, -0.25) is 9.36 Å². The Hall–Kier alpha value is -4.32. The van der Waals surface area contributed by atoms with Crippen LogP contribution in [0.25, 0.3) is 22.0 Å². The second kappa shape index (κ2) is 9.04. The van der Waals surface area contributed by atoms with Gasteiger partial charge in [-0.1, -0.05) is 48.5 Å². The van der Waals surface area contributed by atoms with E-state index in [9.17, 15) is 9.59 Å². The summed E-state index contributed by atoms with van der Waals surface area (Å²) in [6.07, 6.45) is 1.42. The second-order valence-corrected chi connectivity index (χ2v) is 9.81. The summed E-state index contributed by atoms with van der Waals surface area (Å²) in [4.78, 5) is 24.6. The number of rotatable bonds is 3. The molecule has 36 heavy (non-hydrogen) atoms. The van der Waals surface area contributed by atoms with Crippen molar-refractivity contribution >= 4 is 39.7 Å². The molecule has 0 saturated heterocycles. The van der Waals surface area contributed by atoms with Crippen molar-refractivity contribution in [2.75, 3.05) is 11.9 Å². The number of nitrogens with one attached hydrogen (secondary N) is 1. The first-order valence-corrected chi connectivity index (χ1v) is 11.9. The van der Waals surface area contributed by atoms with E-state index in [1.165, 1.54) is 6.92 Å². The standard InChI is InChI=1S/C30H28N2O4/c1-19(33)31-21-15-13-20(14-16-21)28-23-10-6-8-12-27(23)35-18-25(28)24-17-32(29(34)36-30(2,3)4)26-11-7-5-9-22(24)26/h5-17H,18H2,1-4H3,(H,31,33). The zero-order valence-corrected chi connectivity index (χ0v) is 20.8. The van der Waals surface area contributed by atoms with Crippen LogP contribution in [0.1, 0.15) is 44.4 Å². The molecule has 6 heteroatoms. The van der Waals surface area contributed by atoms with E-state index < -0.39 is 11.7 Å². The molecule has 1 aliphatic rings. The van der Waals surface area contributed by atoms with Crippen molar-refractivity contribution in [2.24, 2.45) is 0 Å². The van der Waals surface area contributed by atoms with Crippen LogP contribution in [-0.4, -0.2) is 28.8 Å². The van der Waals surface area contributed by atoms with Crippen molar-refractivity contribution in [3.63, 3.8) is 0 Å². The van der Waals surface area contributed by atoms with Crippen LogP contribution in [-0.2, 0) is 9.53 Å². The van der Waals surface area contributed by atoms with Crippen molar-refractivity contribution in [3.8, 4) is 5.75 Å². The largest absolute Gasteiger partial charge is 0.488 e. The Balaban J connectivity index is 1.72. The van der Waals surface area contributed by atoms with E-state index in [2.05, 4.69) is 5.32 Å². The molecule has 2 heterocycles. The van der Waals surface area contributed by atoms with Crippen molar-refractivity contribution < 1.29 is 19.1 Å². The van der Waals surface area contributed by atoms with Gasteiger partial charge in [-0.2, -0.15) is 0 Å². The Morgan fingerprint density at radius 3 is 2.33 bits per heavy atom. The van der Waals surface area contributed by atoms with E-state index in [0.717, 1.165) is 50.2 Å². The molecule has 0 aliphatic carbocycles. The lowest BCUT2D eigenvalue weighted by Crippen LogP contribution is -2.26. The zero-order chi connectivity index (χ0) is 25.4. The third kappa shape index (κ3) is 4.50. The molecule has 0 unspecified atom stereocenters. The molecule has 1 N–H and O–H groups in total. The lowest BCUT2D eigenvalue weighted by molar-refractivity contribution is -0.114. The van der Waals surface area contributed by atoms with Crippen molar-refractivity contribution in [3.05, 3.63) is 95.7 Å². The van der Waals surface area contributed by atoms with Crippen LogP contribution in [0.4, 0.5) is 10.5 Å². The molecule has 1 aliphatic heterocycles. The van der Waals surface area contributed by atoms with Crippen LogP contribution in [0.15, 0.2) is 79.0 Å². The molecule has 0 saturated carbocycles. The molecular weight excluding hydrogens is 452 g/mol. The Kier molecular flexibility index (Phi) is 5.88. The van der Waals surface area contributed by atoms with Gasteiger partial charge in [0.15, 0.2) is 0 Å². The first-order chi connectivity index (χ1) is 17.2. The maximum Gasteiger partial charge on any atom is 0.419 e. The highest BCUT2D eigenvalue weighted by molar-refractivity contribution is 6.08. The van der Waals surface area contributed by atoms with Gasteiger partial charge in [0.25, 0.3) is 0 Å².